The molecular formula is C21H26O11. The molecule has 0 radical (unpaired) electrons. The Morgan fingerprint density at radius 2 is 1.59 bits per heavy atom. The van der Waals surface area contributed by atoms with Gasteiger partial charge in [-0.1, -0.05) is 12.1 Å². The number of phenols is 3. The third-order valence-electron chi connectivity index (χ3n) is 5.01. The fourth-order valence-electron chi connectivity index (χ4n) is 3.30. The first-order chi connectivity index (χ1) is 14.7. The van der Waals surface area contributed by atoms with Gasteiger partial charge < -0.3 is 50.7 Å². The first kappa shape index (κ1) is 25.3. The van der Waals surface area contributed by atoms with E-state index >= 15 is 0 Å². The van der Waals surface area contributed by atoms with Gasteiger partial charge in [0.15, 0.2) is 5.78 Å². The summed E-state index contributed by atoms with van der Waals surface area (Å²) < 4.78 is 10.7. The van der Waals surface area contributed by atoms with E-state index in [1.807, 2.05) is 0 Å². The summed E-state index contributed by atoms with van der Waals surface area (Å²) in [6.45, 7) is -0.672. The maximum absolute atomic E-state index is 12.8. The van der Waals surface area contributed by atoms with Crippen LogP contribution in [-0.2, 0) is 11.2 Å². The van der Waals surface area contributed by atoms with Gasteiger partial charge in [0.05, 0.1) is 6.61 Å². The van der Waals surface area contributed by atoms with E-state index in [0.717, 1.165) is 17.7 Å². The Balaban J connectivity index is 0.00000363. The van der Waals surface area contributed by atoms with Crippen molar-refractivity contribution in [3.63, 3.8) is 0 Å². The van der Waals surface area contributed by atoms with Gasteiger partial charge in [-0.25, -0.2) is 0 Å². The zero-order valence-corrected chi connectivity index (χ0v) is 16.8. The van der Waals surface area contributed by atoms with Gasteiger partial charge in [-0.3, -0.25) is 4.79 Å². The number of aliphatic hydroxyl groups excluding tert-OH is 4. The maximum Gasteiger partial charge on any atom is 0.229 e. The topological polar surface area (TPSA) is 209 Å². The molecule has 0 spiro atoms. The summed E-state index contributed by atoms with van der Waals surface area (Å²) in [5.74, 6) is -1.74. The Hall–Kier alpha value is -2.93. The van der Waals surface area contributed by atoms with E-state index in [9.17, 15) is 40.5 Å². The van der Waals surface area contributed by atoms with Crippen LogP contribution in [0.2, 0.25) is 0 Å². The van der Waals surface area contributed by atoms with Gasteiger partial charge in [-0.15, -0.1) is 0 Å². The fraction of sp³-hybridized carbons (Fsp3) is 0.381. The van der Waals surface area contributed by atoms with Crippen LogP contribution in [0, 0.1) is 0 Å². The Morgan fingerprint density at radius 3 is 2.22 bits per heavy atom. The van der Waals surface area contributed by atoms with Crippen molar-refractivity contribution in [2.75, 3.05) is 6.61 Å². The average molecular weight is 454 g/mol. The number of ether oxygens (including phenoxy) is 2. The largest absolute Gasteiger partial charge is 0.508 e. The second-order valence-electron chi connectivity index (χ2n) is 7.24. The number of carbonyl (C=O) groups is 1. The third-order valence-corrected chi connectivity index (χ3v) is 5.01. The number of phenolic OH excluding ortho intramolecular Hbond substituents is 3. The van der Waals surface area contributed by atoms with Gasteiger partial charge in [-0.2, -0.15) is 0 Å². The number of Topliss-reactive ketones (excluding diaryl/α,β-unsaturated/α-hetero) is 1. The number of aryl methyl sites for hydroxylation is 1. The lowest BCUT2D eigenvalue weighted by atomic mass is 9.99. The zero-order chi connectivity index (χ0) is 22.7. The van der Waals surface area contributed by atoms with E-state index < -0.39 is 54.6 Å². The zero-order valence-electron chi connectivity index (χ0n) is 16.8. The molecule has 0 aromatic heterocycles. The molecule has 9 N–H and O–H groups in total. The molecule has 2 aromatic carbocycles. The lowest BCUT2D eigenvalue weighted by Crippen LogP contribution is -2.60. The summed E-state index contributed by atoms with van der Waals surface area (Å²) in [5, 5.41) is 68.6. The Kier molecular flexibility index (Phi) is 8.38. The molecule has 5 atom stereocenters. The molecule has 0 unspecified atom stereocenters. The molecule has 176 valence electrons. The molecule has 3 rings (SSSR count). The van der Waals surface area contributed by atoms with E-state index in [4.69, 9.17) is 9.47 Å². The van der Waals surface area contributed by atoms with Gasteiger partial charge in [0.2, 0.25) is 6.29 Å². The Morgan fingerprint density at radius 1 is 0.938 bits per heavy atom. The molecule has 0 aliphatic carbocycles. The average Bonchev–Trinajstić information content (AvgIpc) is 2.73. The van der Waals surface area contributed by atoms with Crippen molar-refractivity contribution in [1.29, 1.82) is 0 Å². The highest BCUT2D eigenvalue weighted by Gasteiger charge is 2.45. The van der Waals surface area contributed by atoms with Crippen LogP contribution in [0.4, 0.5) is 0 Å². The summed E-state index contributed by atoms with van der Waals surface area (Å²) in [4.78, 5) is 12.8. The molecule has 32 heavy (non-hydrogen) atoms. The van der Waals surface area contributed by atoms with E-state index in [-0.39, 0.29) is 29.0 Å². The van der Waals surface area contributed by atoms with Crippen LogP contribution in [0.15, 0.2) is 36.4 Å². The van der Waals surface area contributed by atoms with E-state index in [0.29, 0.717) is 6.42 Å². The van der Waals surface area contributed by atoms with Crippen molar-refractivity contribution in [1.82, 2.24) is 0 Å². The highest BCUT2D eigenvalue weighted by Crippen LogP contribution is 2.36. The van der Waals surface area contributed by atoms with Crippen molar-refractivity contribution in [3.8, 4) is 23.0 Å². The quantitative estimate of drug-likeness (QED) is 0.253. The minimum atomic E-state index is -1.73. The molecule has 1 aliphatic rings. The van der Waals surface area contributed by atoms with Crippen molar-refractivity contribution in [3.05, 3.63) is 47.5 Å². The van der Waals surface area contributed by atoms with Crippen LogP contribution < -0.4 is 4.74 Å². The first-order valence-corrected chi connectivity index (χ1v) is 9.55. The first-order valence-electron chi connectivity index (χ1n) is 9.55. The predicted molar refractivity (Wildman–Crippen MR) is 109 cm³/mol. The molecule has 2 aromatic rings. The Labute approximate surface area is 182 Å². The predicted octanol–water partition coefficient (Wildman–Crippen LogP) is -1.03. The number of carbonyl (C=O) groups excluding carboxylic acids is 1. The van der Waals surface area contributed by atoms with E-state index in [1.165, 1.54) is 12.1 Å². The van der Waals surface area contributed by atoms with Crippen LogP contribution in [0.5, 0.6) is 23.0 Å². The number of hydrogen-bond acceptors (Lipinski definition) is 10. The van der Waals surface area contributed by atoms with Gasteiger partial charge in [0, 0.05) is 18.6 Å². The van der Waals surface area contributed by atoms with Gasteiger partial charge in [0.1, 0.15) is 53.0 Å². The van der Waals surface area contributed by atoms with Crippen molar-refractivity contribution in [2.24, 2.45) is 0 Å². The summed E-state index contributed by atoms with van der Waals surface area (Å²) in [6.07, 6.45) is -7.61. The number of hydrogen-bond donors (Lipinski definition) is 7. The SMILES string of the molecule is O.O=C(CCc1ccc(O)cc1)c1c(O)cc(O)cc1O[C@@H]1O[C@H](CO)[C@@H](O)[C@H](O)[C@H]1O. The minimum Gasteiger partial charge on any atom is -0.508 e. The Bertz CT molecular complexity index is 913. The minimum absolute atomic E-state index is 0. The van der Waals surface area contributed by atoms with Crippen molar-refractivity contribution < 1.29 is 55.5 Å². The van der Waals surface area contributed by atoms with Crippen LogP contribution in [0.3, 0.4) is 0 Å². The van der Waals surface area contributed by atoms with E-state index in [1.54, 1.807) is 12.1 Å². The molecule has 1 saturated heterocycles. The summed E-state index contributed by atoms with van der Waals surface area (Å²) in [6, 6.07) is 8.23. The molecule has 1 heterocycles. The second-order valence-corrected chi connectivity index (χ2v) is 7.24. The highest BCUT2D eigenvalue weighted by atomic mass is 16.7. The normalized spacial score (nSPS) is 25.1. The summed E-state index contributed by atoms with van der Waals surface area (Å²) in [7, 11) is 0. The standard InChI is InChI=1S/C21H24O10.H2O/c22-9-16-18(27)19(28)20(29)21(31-16)30-15-8-12(24)7-14(26)17(15)13(25)6-3-10-1-4-11(23)5-2-10;/h1-2,4-5,7-8,16,18-24,26-29H,3,6,9H2;1H2/t16-,18-,19+,20-,21-;/m1./s1. The highest BCUT2D eigenvalue weighted by molar-refractivity contribution is 6.01. The molecule has 0 bridgehead atoms. The number of rotatable bonds is 7. The van der Waals surface area contributed by atoms with Crippen LogP contribution in [0.25, 0.3) is 0 Å². The maximum atomic E-state index is 12.8. The summed E-state index contributed by atoms with van der Waals surface area (Å²) >= 11 is 0. The molecule has 11 heteroatoms. The number of aliphatic hydroxyl groups is 4. The third kappa shape index (κ3) is 5.46. The summed E-state index contributed by atoms with van der Waals surface area (Å²) in [5.41, 5.74) is 0.495. The number of ketones is 1. The molecule has 0 amide bonds. The second kappa shape index (κ2) is 10.6. The molecule has 11 nitrogen and oxygen atoms in total. The monoisotopic (exact) mass is 454 g/mol. The molecular weight excluding hydrogens is 428 g/mol. The lowest BCUT2D eigenvalue weighted by molar-refractivity contribution is -0.277. The molecule has 1 fully saturated rings. The van der Waals surface area contributed by atoms with Gasteiger partial charge in [0.25, 0.3) is 0 Å². The smallest absolute Gasteiger partial charge is 0.229 e. The van der Waals surface area contributed by atoms with E-state index in [2.05, 4.69) is 0 Å². The lowest BCUT2D eigenvalue weighted by Gasteiger charge is -2.39. The van der Waals surface area contributed by atoms with Crippen molar-refractivity contribution >= 4 is 5.78 Å². The fourth-order valence-corrected chi connectivity index (χ4v) is 3.30. The van der Waals surface area contributed by atoms with Gasteiger partial charge >= 0.3 is 0 Å². The van der Waals surface area contributed by atoms with Crippen LogP contribution in [-0.4, -0.2) is 84.3 Å². The van der Waals surface area contributed by atoms with Crippen molar-refractivity contribution in [2.45, 2.75) is 43.5 Å². The van der Waals surface area contributed by atoms with Crippen LogP contribution in [0.1, 0.15) is 22.3 Å². The number of aromatic hydroxyl groups is 3. The number of benzene rings is 2. The van der Waals surface area contributed by atoms with Crippen LogP contribution >= 0.6 is 0 Å². The van der Waals surface area contributed by atoms with Gasteiger partial charge in [-0.05, 0) is 24.1 Å². The molecule has 1 aliphatic heterocycles. The molecule has 0 saturated carbocycles.